The minimum atomic E-state index is -0.854. The summed E-state index contributed by atoms with van der Waals surface area (Å²) in [4.78, 5) is 11.7. The van der Waals surface area contributed by atoms with Gasteiger partial charge < -0.3 is 10.4 Å². The van der Waals surface area contributed by atoms with Crippen molar-refractivity contribution in [1.82, 2.24) is 15.1 Å². The molecule has 0 saturated heterocycles. The van der Waals surface area contributed by atoms with Gasteiger partial charge in [0.25, 0.3) is 0 Å². The van der Waals surface area contributed by atoms with Crippen LogP contribution in [0.4, 0.5) is 0 Å². The average molecular weight is 251 g/mol. The predicted molar refractivity (Wildman–Crippen MR) is 68.3 cm³/mol. The molecule has 1 atom stereocenters. The summed E-state index contributed by atoms with van der Waals surface area (Å²) < 4.78 is 1.79. The Morgan fingerprint density at radius 2 is 2.39 bits per heavy atom. The molecular formula is C13H21N3O2. The van der Waals surface area contributed by atoms with Crippen molar-refractivity contribution in [2.45, 2.75) is 45.2 Å². The van der Waals surface area contributed by atoms with E-state index in [1.807, 2.05) is 19.9 Å². The maximum Gasteiger partial charge on any atom is 0.326 e. The Balaban J connectivity index is 2.22. The molecule has 100 valence electrons. The molecule has 1 saturated carbocycles. The Labute approximate surface area is 107 Å². The van der Waals surface area contributed by atoms with Gasteiger partial charge in [0.15, 0.2) is 0 Å². The molecule has 0 radical (unpaired) electrons. The van der Waals surface area contributed by atoms with Gasteiger partial charge in [0, 0.05) is 11.9 Å². The second-order valence-electron chi connectivity index (χ2n) is 5.11. The number of aliphatic carboxylic acids is 1. The van der Waals surface area contributed by atoms with Gasteiger partial charge in [-0.3, -0.25) is 9.48 Å². The lowest BCUT2D eigenvalue weighted by atomic mass is 9.92. The second-order valence-corrected chi connectivity index (χ2v) is 5.11. The first-order valence-corrected chi connectivity index (χ1v) is 6.57. The number of nitrogens with zero attached hydrogens (tertiary/aromatic N) is 2. The Hall–Kier alpha value is -1.36. The quantitative estimate of drug-likeness (QED) is 0.769. The summed E-state index contributed by atoms with van der Waals surface area (Å²) in [5.41, 5.74) is 0.145. The molecule has 5 nitrogen and oxygen atoms in total. The van der Waals surface area contributed by atoms with Crippen molar-refractivity contribution in [3.63, 3.8) is 0 Å². The fourth-order valence-corrected chi connectivity index (χ4v) is 2.37. The number of aromatic nitrogens is 2. The van der Waals surface area contributed by atoms with E-state index in [0.717, 1.165) is 31.5 Å². The van der Waals surface area contributed by atoms with Crippen molar-refractivity contribution in [3.8, 4) is 0 Å². The highest BCUT2D eigenvalue weighted by molar-refractivity contribution is 5.79. The maximum absolute atomic E-state index is 11.7. The number of carboxylic acids is 1. The molecule has 2 rings (SSSR count). The third-order valence-corrected chi connectivity index (χ3v) is 3.67. The SMILES string of the molecule is CCCNC(Cn1nccc1C)(C(=O)O)C1CC1. The van der Waals surface area contributed by atoms with Crippen LogP contribution >= 0.6 is 0 Å². The van der Waals surface area contributed by atoms with Crippen molar-refractivity contribution in [2.75, 3.05) is 6.54 Å². The topological polar surface area (TPSA) is 67.2 Å². The Bertz CT molecular complexity index is 426. The number of hydrogen-bond acceptors (Lipinski definition) is 3. The molecule has 1 aliphatic carbocycles. The molecule has 1 aromatic rings. The molecule has 5 heteroatoms. The molecule has 1 aliphatic rings. The molecule has 1 unspecified atom stereocenters. The molecule has 0 amide bonds. The van der Waals surface area contributed by atoms with Gasteiger partial charge in [-0.2, -0.15) is 5.10 Å². The van der Waals surface area contributed by atoms with Gasteiger partial charge >= 0.3 is 5.97 Å². The monoisotopic (exact) mass is 251 g/mol. The fourth-order valence-electron chi connectivity index (χ4n) is 2.37. The zero-order chi connectivity index (χ0) is 13.2. The van der Waals surface area contributed by atoms with E-state index in [-0.39, 0.29) is 5.92 Å². The maximum atomic E-state index is 11.7. The first-order chi connectivity index (χ1) is 8.60. The van der Waals surface area contributed by atoms with E-state index < -0.39 is 11.5 Å². The van der Waals surface area contributed by atoms with Crippen molar-refractivity contribution in [2.24, 2.45) is 5.92 Å². The van der Waals surface area contributed by atoms with Crippen molar-refractivity contribution >= 4 is 5.97 Å². The summed E-state index contributed by atoms with van der Waals surface area (Å²) in [5.74, 6) is -0.529. The molecule has 1 aromatic heterocycles. The first-order valence-electron chi connectivity index (χ1n) is 6.57. The Kier molecular flexibility index (Phi) is 3.71. The van der Waals surface area contributed by atoms with Crippen LogP contribution in [0.3, 0.4) is 0 Å². The number of hydrogen-bond donors (Lipinski definition) is 2. The van der Waals surface area contributed by atoms with Gasteiger partial charge in [0.1, 0.15) is 5.54 Å². The minimum absolute atomic E-state index is 0.227. The molecule has 1 fully saturated rings. The van der Waals surface area contributed by atoms with Crippen molar-refractivity contribution in [3.05, 3.63) is 18.0 Å². The van der Waals surface area contributed by atoms with E-state index in [9.17, 15) is 9.90 Å². The van der Waals surface area contributed by atoms with Gasteiger partial charge in [-0.25, -0.2) is 0 Å². The summed E-state index contributed by atoms with van der Waals surface area (Å²) in [6.07, 6.45) is 4.63. The van der Waals surface area contributed by atoms with Gasteiger partial charge in [-0.05, 0) is 44.7 Å². The summed E-state index contributed by atoms with van der Waals surface area (Å²) in [5, 5.41) is 17.1. The number of nitrogens with one attached hydrogen (secondary N) is 1. The standard InChI is InChI=1S/C13H21N3O2/c1-3-7-14-13(12(17)18,11-4-5-11)9-16-10(2)6-8-15-16/h6,8,11,14H,3-5,7,9H2,1-2H3,(H,17,18). The molecule has 0 bridgehead atoms. The smallest absolute Gasteiger partial charge is 0.326 e. The molecule has 1 heterocycles. The largest absolute Gasteiger partial charge is 0.480 e. The zero-order valence-corrected chi connectivity index (χ0v) is 11.0. The normalized spacial score (nSPS) is 18.6. The fraction of sp³-hybridized carbons (Fsp3) is 0.692. The molecular weight excluding hydrogens is 230 g/mol. The molecule has 0 spiro atoms. The van der Waals surface area contributed by atoms with Crippen LogP contribution < -0.4 is 5.32 Å². The number of aryl methyl sites for hydroxylation is 1. The van der Waals surface area contributed by atoms with Crippen LogP contribution in [0, 0.1) is 12.8 Å². The number of carboxylic acid groups (broad SMARTS) is 1. The van der Waals surface area contributed by atoms with Crippen LogP contribution in [0.2, 0.25) is 0 Å². The molecule has 2 N–H and O–H groups in total. The second kappa shape index (κ2) is 5.10. The van der Waals surface area contributed by atoms with E-state index in [0.29, 0.717) is 6.54 Å². The molecule has 0 aliphatic heterocycles. The van der Waals surface area contributed by atoms with E-state index in [1.54, 1.807) is 10.9 Å². The minimum Gasteiger partial charge on any atom is -0.480 e. The Morgan fingerprint density at radius 3 is 2.83 bits per heavy atom. The van der Waals surface area contributed by atoms with E-state index in [2.05, 4.69) is 10.4 Å². The van der Waals surface area contributed by atoms with Crippen molar-refractivity contribution in [1.29, 1.82) is 0 Å². The van der Waals surface area contributed by atoms with E-state index in [4.69, 9.17) is 0 Å². The third kappa shape index (κ3) is 2.41. The summed E-state index contributed by atoms with van der Waals surface area (Å²) in [6, 6.07) is 1.90. The number of carbonyl (C=O) groups is 1. The lowest BCUT2D eigenvalue weighted by Gasteiger charge is -2.31. The van der Waals surface area contributed by atoms with Gasteiger partial charge in [-0.1, -0.05) is 6.92 Å². The summed E-state index contributed by atoms with van der Waals surface area (Å²) >= 11 is 0. The average Bonchev–Trinajstić information content (AvgIpc) is 3.10. The Morgan fingerprint density at radius 1 is 1.67 bits per heavy atom. The van der Waals surface area contributed by atoms with Gasteiger partial charge in [0.2, 0.25) is 0 Å². The van der Waals surface area contributed by atoms with Crippen LogP contribution in [0.5, 0.6) is 0 Å². The van der Waals surface area contributed by atoms with Gasteiger partial charge in [0.05, 0.1) is 6.54 Å². The highest BCUT2D eigenvalue weighted by atomic mass is 16.4. The molecule has 18 heavy (non-hydrogen) atoms. The highest BCUT2D eigenvalue weighted by Gasteiger charge is 2.51. The van der Waals surface area contributed by atoms with Crippen LogP contribution in [0.15, 0.2) is 12.3 Å². The van der Waals surface area contributed by atoms with Gasteiger partial charge in [-0.15, -0.1) is 0 Å². The van der Waals surface area contributed by atoms with Crippen molar-refractivity contribution < 1.29 is 9.90 Å². The van der Waals surface area contributed by atoms with Crippen LogP contribution in [-0.4, -0.2) is 32.9 Å². The predicted octanol–water partition coefficient (Wildman–Crippen LogP) is 1.42. The lowest BCUT2D eigenvalue weighted by molar-refractivity contribution is -0.146. The van der Waals surface area contributed by atoms with E-state index in [1.165, 1.54) is 0 Å². The summed E-state index contributed by atoms with van der Waals surface area (Å²) in [6.45, 7) is 5.13. The first kappa shape index (κ1) is 13.1. The van der Waals surface area contributed by atoms with Crippen LogP contribution in [0.25, 0.3) is 0 Å². The third-order valence-electron chi connectivity index (χ3n) is 3.67. The lowest BCUT2D eigenvalue weighted by Crippen LogP contribution is -2.57. The van der Waals surface area contributed by atoms with Crippen LogP contribution in [-0.2, 0) is 11.3 Å². The van der Waals surface area contributed by atoms with E-state index >= 15 is 0 Å². The highest BCUT2D eigenvalue weighted by Crippen LogP contribution is 2.41. The molecule has 0 aromatic carbocycles. The van der Waals surface area contributed by atoms with Crippen LogP contribution in [0.1, 0.15) is 31.9 Å². The number of rotatable bonds is 7. The summed E-state index contributed by atoms with van der Waals surface area (Å²) in [7, 11) is 0. The zero-order valence-electron chi connectivity index (χ0n) is 11.0.